The van der Waals surface area contributed by atoms with Gasteiger partial charge in [0.05, 0.1) is 16.9 Å². The number of carboxylic acid groups (broad SMARTS) is 1. The molecule has 1 aliphatic carbocycles. The molecule has 1 saturated heterocycles. The predicted molar refractivity (Wildman–Crippen MR) is 106 cm³/mol. The monoisotopic (exact) mass is 401 g/mol. The van der Waals surface area contributed by atoms with E-state index in [0.29, 0.717) is 41.9 Å². The standard InChI is InChI=1S/C21H24FN3O4/c1-10-9-29-20-17-12(19(26)14(21(27)28)8-25(10)17)5-15(22)18(20)24-6-11-3-2-4-16(23)13(11)7-24/h5,8,10-11,13,16H,2-4,6-7,9,23H2,1H3,(H,27,28)/t10?,11-,13+,16-/m1/s1. The summed E-state index contributed by atoms with van der Waals surface area (Å²) in [5, 5.41) is 9.44. The fourth-order valence-corrected chi connectivity index (χ4v) is 5.36. The minimum atomic E-state index is -1.32. The van der Waals surface area contributed by atoms with Crippen molar-refractivity contribution in [2.24, 2.45) is 17.6 Å². The van der Waals surface area contributed by atoms with E-state index in [9.17, 15) is 14.7 Å². The van der Waals surface area contributed by atoms with E-state index in [-0.39, 0.29) is 29.6 Å². The van der Waals surface area contributed by atoms with Gasteiger partial charge >= 0.3 is 5.97 Å². The molecule has 0 amide bonds. The van der Waals surface area contributed by atoms with E-state index in [2.05, 4.69) is 0 Å². The molecule has 8 heteroatoms. The van der Waals surface area contributed by atoms with Crippen LogP contribution >= 0.6 is 0 Å². The van der Waals surface area contributed by atoms with Gasteiger partial charge in [-0.25, -0.2) is 9.18 Å². The molecule has 0 radical (unpaired) electrons. The summed E-state index contributed by atoms with van der Waals surface area (Å²) in [4.78, 5) is 26.2. The highest BCUT2D eigenvalue weighted by Crippen LogP contribution is 2.45. The summed E-state index contributed by atoms with van der Waals surface area (Å²) < 4.78 is 23.0. The Balaban J connectivity index is 1.71. The molecule has 7 nitrogen and oxygen atoms in total. The maximum absolute atomic E-state index is 15.3. The van der Waals surface area contributed by atoms with Gasteiger partial charge in [0.1, 0.15) is 17.9 Å². The second-order valence-corrected chi connectivity index (χ2v) is 8.60. The Kier molecular flexibility index (Phi) is 4.10. The van der Waals surface area contributed by atoms with E-state index < -0.39 is 17.2 Å². The average molecular weight is 401 g/mol. The van der Waals surface area contributed by atoms with Crippen LogP contribution in [-0.2, 0) is 0 Å². The zero-order valence-electron chi connectivity index (χ0n) is 16.2. The summed E-state index contributed by atoms with van der Waals surface area (Å²) in [6, 6.07) is 1.12. The lowest BCUT2D eigenvalue weighted by molar-refractivity contribution is 0.0694. The van der Waals surface area contributed by atoms with Crippen LogP contribution in [0.4, 0.5) is 10.1 Å². The first-order chi connectivity index (χ1) is 13.9. The number of fused-ring (bicyclic) bond motifs is 1. The van der Waals surface area contributed by atoms with Crippen LogP contribution in [0.1, 0.15) is 42.6 Å². The number of aromatic carboxylic acids is 1. The Morgan fingerprint density at radius 1 is 1.34 bits per heavy atom. The SMILES string of the molecule is CC1COc2c(N3C[C@H]4CCC[C@@H](N)[C@H]4C3)c(F)cc3c(=O)c(C(=O)O)cn1c23. The maximum atomic E-state index is 15.3. The van der Waals surface area contributed by atoms with E-state index in [1.807, 2.05) is 11.8 Å². The Labute approximate surface area is 166 Å². The van der Waals surface area contributed by atoms with Crippen LogP contribution in [0.25, 0.3) is 10.9 Å². The number of halogens is 1. The molecule has 1 saturated carbocycles. The lowest BCUT2D eigenvalue weighted by atomic mass is 9.78. The van der Waals surface area contributed by atoms with Gasteiger partial charge in [0.25, 0.3) is 0 Å². The van der Waals surface area contributed by atoms with Gasteiger partial charge in [0.15, 0.2) is 11.6 Å². The number of nitrogens with zero attached hydrogens (tertiary/aromatic N) is 2. The third kappa shape index (κ3) is 2.65. The van der Waals surface area contributed by atoms with Crippen molar-refractivity contribution in [2.45, 2.75) is 38.3 Å². The zero-order valence-corrected chi connectivity index (χ0v) is 16.2. The molecule has 154 valence electrons. The van der Waals surface area contributed by atoms with Crippen LogP contribution in [0.2, 0.25) is 0 Å². The molecular weight excluding hydrogens is 377 g/mol. The number of rotatable bonds is 2. The Morgan fingerprint density at radius 3 is 2.86 bits per heavy atom. The van der Waals surface area contributed by atoms with E-state index in [0.717, 1.165) is 19.3 Å². The van der Waals surface area contributed by atoms with Crippen molar-refractivity contribution in [2.75, 3.05) is 24.6 Å². The van der Waals surface area contributed by atoms with E-state index >= 15 is 4.39 Å². The molecule has 3 heterocycles. The molecule has 5 rings (SSSR count). The van der Waals surface area contributed by atoms with Gasteiger partial charge in [-0.05, 0) is 37.7 Å². The van der Waals surface area contributed by atoms with Crippen molar-refractivity contribution in [1.82, 2.24) is 4.57 Å². The number of hydrogen-bond donors (Lipinski definition) is 2. The summed E-state index contributed by atoms with van der Waals surface area (Å²) in [5.41, 5.74) is 6.11. The van der Waals surface area contributed by atoms with Crippen molar-refractivity contribution in [3.63, 3.8) is 0 Å². The minimum Gasteiger partial charge on any atom is -0.487 e. The smallest absolute Gasteiger partial charge is 0.341 e. The normalized spacial score (nSPS) is 28.3. The van der Waals surface area contributed by atoms with Crippen molar-refractivity contribution in [3.05, 3.63) is 33.9 Å². The molecule has 3 aliphatic rings. The second kappa shape index (κ2) is 6.45. The topological polar surface area (TPSA) is 97.8 Å². The first kappa shape index (κ1) is 18.4. The van der Waals surface area contributed by atoms with Crippen LogP contribution in [0.3, 0.4) is 0 Å². The minimum absolute atomic E-state index is 0.0426. The van der Waals surface area contributed by atoms with Gasteiger partial charge in [-0.2, -0.15) is 0 Å². The Bertz CT molecular complexity index is 1080. The molecule has 4 atom stereocenters. The third-order valence-corrected chi connectivity index (χ3v) is 6.84. The summed E-state index contributed by atoms with van der Waals surface area (Å²) in [5.74, 6) is -0.784. The number of benzene rings is 1. The summed E-state index contributed by atoms with van der Waals surface area (Å²) in [6.45, 7) is 3.54. The number of anilines is 1. The average Bonchev–Trinajstić information content (AvgIpc) is 3.10. The van der Waals surface area contributed by atoms with Gasteiger partial charge in [-0.3, -0.25) is 4.79 Å². The number of ether oxygens (including phenoxy) is 1. The first-order valence-electron chi connectivity index (χ1n) is 10.1. The maximum Gasteiger partial charge on any atom is 0.341 e. The molecule has 0 bridgehead atoms. The third-order valence-electron chi connectivity index (χ3n) is 6.84. The van der Waals surface area contributed by atoms with Gasteiger partial charge in [0.2, 0.25) is 5.43 Å². The highest BCUT2D eigenvalue weighted by molar-refractivity contribution is 5.97. The fourth-order valence-electron chi connectivity index (χ4n) is 5.36. The summed E-state index contributed by atoms with van der Waals surface area (Å²) >= 11 is 0. The van der Waals surface area contributed by atoms with Crippen LogP contribution in [0.15, 0.2) is 17.1 Å². The van der Waals surface area contributed by atoms with Crippen molar-refractivity contribution >= 4 is 22.6 Å². The molecular formula is C21H24FN3O4. The molecule has 2 aliphatic heterocycles. The molecule has 2 aromatic rings. The van der Waals surface area contributed by atoms with Crippen LogP contribution in [0, 0.1) is 17.7 Å². The van der Waals surface area contributed by atoms with Crippen molar-refractivity contribution < 1.29 is 19.0 Å². The Morgan fingerprint density at radius 2 is 2.14 bits per heavy atom. The number of aromatic nitrogens is 1. The quantitative estimate of drug-likeness (QED) is 0.802. The lowest BCUT2D eigenvalue weighted by Gasteiger charge is -2.31. The van der Waals surface area contributed by atoms with Gasteiger partial charge in [-0.15, -0.1) is 0 Å². The summed E-state index contributed by atoms with van der Waals surface area (Å²) in [7, 11) is 0. The largest absolute Gasteiger partial charge is 0.487 e. The fraction of sp³-hybridized carbons (Fsp3) is 0.524. The molecule has 1 unspecified atom stereocenters. The molecule has 1 aromatic carbocycles. The van der Waals surface area contributed by atoms with E-state index in [4.69, 9.17) is 10.5 Å². The zero-order chi connectivity index (χ0) is 20.4. The Hall–Kier alpha value is -2.61. The number of carboxylic acids is 1. The van der Waals surface area contributed by atoms with Crippen LogP contribution in [0.5, 0.6) is 5.75 Å². The highest BCUT2D eigenvalue weighted by atomic mass is 19.1. The molecule has 2 fully saturated rings. The van der Waals surface area contributed by atoms with Gasteiger partial charge in [0, 0.05) is 25.3 Å². The van der Waals surface area contributed by atoms with E-state index in [1.54, 1.807) is 4.57 Å². The lowest BCUT2D eigenvalue weighted by Crippen LogP contribution is -2.38. The van der Waals surface area contributed by atoms with Crippen LogP contribution < -0.4 is 20.8 Å². The predicted octanol–water partition coefficient (Wildman–Crippen LogP) is 2.36. The van der Waals surface area contributed by atoms with Gasteiger partial charge < -0.3 is 25.0 Å². The van der Waals surface area contributed by atoms with E-state index in [1.165, 1.54) is 12.3 Å². The van der Waals surface area contributed by atoms with Gasteiger partial charge in [-0.1, -0.05) is 6.42 Å². The molecule has 1 aromatic heterocycles. The van der Waals surface area contributed by atoms with Crippen LogP contribution in [-0.4, -0.2) is 41.4 Å². The number of pyridine rings is 1. The number of hydrogen-bond acceptors (Lipinski definition) is 5. The number of carbonyl (C=O) groups is 1. The number of nitrogens with two attached hydrogens (primary N) is 1. The first-order valence-corrected chi connectivity index (χ1v) is 10.1. The molecule has 29 heavy (non-hydrogen) atoms. The molecule has 0 spiro atoms. The highest BCUT2D eigenvalue weighted by Gasteiger charge is 2.41. The second-order valence-electron chi connectivity index (χ2n) is 8.60. The van der Waals surface area contributed by atoms with Crippen molar-refractivity contribution in [1.29, 1.82) is 0 Å². The van der Waals surface area contributed by atoms with Crippen molar-refractivity contribution in [3.8, 4) is 5.75 Å². The summed E-state index contributed by atoms with van der Waals surface area (Å²) in [6.07, 6.45) is 4.53. The molecule has 3 N–H and O–H groups in total.